The van der Waals surface area contributed by atoms with Crippen LogP contribution in [0, 0.1) is 17.3 Å². The largest absolute Gasteiger partial charge is 0.391 e. The summed E-state index contributed by atoms with van der Waals surface area (Å²) in [6.45, 7) is 11.5. The van der Waals surface area contributed by atoms with Gasteiger partial charge in [0.05, 0.1) is 12.0 Å². The van der Waals surface area contributed by atoms with Gasteiger partial charge in [0.25, 0.3) is 0 Å². The number of anilines is 1. The molecule has 0 aromatic heterocycles. The van der Waals surface area contributed by atoms with Crippen molar-refractivity contribution < 1.29 is 19.5 Å². The number of carbonyl (C=O) groups excluding carboxylic acids is 3. The van der Waals surface area contributed by atoms with Crippen molar-refractivity contribution in [3.63, 3.8) is 0 Å². The average molecular weight is 531 g/mol. The van der Waals surface area contributed by atoms with E-state index in [1.807, 2.05) is 38.1 Å². The van der Waals surface area contributed by atoms with Crippen LogP contribution in [0.3, 0.4) is 0 Å². The number of benzene rings is 1. The van der Waals surface area contributed by atoms with Gasteiger partial charge in [-0.2, -0.15) is 0 Å². The van der Waals surface area contributed by atoms with E-state index in [9.17, 15) is 19.5 Å². The molecule has 5 N–H and O–H groups in total. The van der Waals surface area contributed by atoms with E-state index >= 15 is 0 Å². The van der Waals surface area contributed by atoms with Crippen LogP contribution in [0.4, 0.5) is 5.69 Å². The molecule has 1 aliphatic heterocycles. The van der Waals surface area contributed by atoms with Crippen molar-refractivity contribution in [3.05, 3.63) is 29.8 Å². The van der Waals surface area contributed by atoms with Crippen molar-refractivity contribution in [2.45, 2.75) is 98.1 Å². The van der Waals surface area contributed by atoms with Crippen molar-refractivity contribution in [1.82, 2.24) is 10.6 Å². The van der Waals surface area contributed by atoms with E-state index in [1.54, 1.807) is 11.8 Å². The fraction of sp³-hybridized carbons (Fsp3) is 0.700. The highest BCUT2D eigenvalue weighted by Gasteiger charge is 2.35. The Kier molecular flexibility index (Phi) is 12.7. The van der Waals surface area contributed by atoms with E-state index < -0.39 is 17.6 Å². The molecule has 3 amide bonds. The molecule has 0 saturated carbocycles. The Labute approximate surface area is 229 Å². The van der Waals surface area contributed by atoms with Gasteiger partial charge in [-0.15, -0.1) is 0 Å². The quantitative estimate of drug-likeness (QED) is 0.258. The number of unbranched alkanes of at least 4 members (excludes halogenated alkanes) is 2. The zero-order chi connectivity index (χ0) is 28.3. The third-order valence-corrected chi connectivity index (χ3v) is 7.44. The van der Waals surface area contributed by atoms with Crippen molar-refractivity contribution in [2.75, 3.05) is 24.5 Å². The Morgan fingerprint density at radius 2 is 1.74 bits per heavy atom. The molecular formula is C30H50N4O4. The van der Waals surface area contributed by atoms with Crippen LogP contribution < -0.4 is 21.3 Å². The summed E-state index contributed by atoms with van der Waals surface area (Å²) in [7, 11) is 0. The lowest BCUT2D eigenvalue weighted by molar-refractivity contribution is -0.126. The first-order valence-electron chi connectivity index (χ1n) is 14.4. The van der Waals surface area contributed by atoms with Crippen LogP contribution in [-0.2, 0) is 20.8 Å². The van der Waals surface area contributed by atoms with Crippen LogP contribution in [0.1, 0.15) is 85.1 Å². The Bertz CT molecular complexity index is 919. The third kappa shape index (κ3) is 9.70. The number of carbonyl (C=O) groups is 3. The molecule has 1 aromatic rings. The van der Waals surface area contributed by atoms with E-state index in [2.05, 4.69) is 24.5 Å². The lowest BCUT2D eigenvalue weighted by Gasteiger charge is -2.37. The summed E-state index contributed by atoms with van der Waals surface area (Å²) < 4.78 is 0. The molecule has 8 nitrogen and oxygen atoms in total. The molecule has 2 rings (SSSR count). The zero-order valence-electron chi connectivity index (χ0n) is 24.1. The Morgan fingerprint density at radius 3 is 2.39 bits per heavy atom. The number of para-hydroxylation sites is 1. The number of aliphatic hydroxyl groups is 1. The summed E-state index contributed by atoms with van der Waals surface area (Å²) in [6.07, 6.45) is 4.58. The van der Waals surface area contributed by atoms with Crippen molar-refractivity contribution >= 4 is 23.4 Å². The van der Waals surface area contributed by atoms with Gasteiger partial charge in [0, 0.05) is 43.7 Å². The molecule has 8 heteroatoms. The fourth-order valence-electron chi connectivity index (χ4n) is 5.10. The van der Waals surface area contributed by atoms with Crippen LogP contribution in [0.25, 0.3) is 0 Å². The van der Waals surface area contributed by atoms with Gasteiger partial charge < -0.3 is 26.4 Å². The van der Waals surface area contributed by atoms with Gasteiger partial charge in [0.2, 0.25) is 17.7 Å². The molecular weight excluding hydrogens is 480 g/mol. The lowest BCUT2D eigenvalue weighted by Crippen LogP contribution is -2.47. The van der Waals surface area contributed by atoms with Crippen molar-refractivity contribution in [2.24, 2.45) is 23.0 Å². The van der Waals surface area contributed by atoms with E-state index in [0.29, 0.717) is 32.5 Å². The minimum absolute atomic E-state index is 0.0111. The molecule has 1 aromatic carbocycles. The number of hydrogen-bond acceptors (Lipinski definition) is 5. The van der Waals surface area contributed by atoms with Gasteiger partial charge in [-0.05, 0) is 49.1 Å². The van der Waals surface area contributed by atoms with Crippen LogP contribution in [0.15, 0.2) is 24.3 Å². The average Bonchev–Trinajstić information content (AvgIpc) is 2.87. The van der Waals surface area contributed by atoms with E-state index in [1.165, 1.54) is 0 Å². The molecule has 0 radical (unpaired) electrons. The highest BCUT2D eigenvalue weighted by Crippen LogP contribution is 2.34. The first-order valence-corrected chi connectivity index (χ1v) is 14.4. The van der Waals surface area contributed by atoms with Crippen molar-refractivity contribution in [3.8, 4) is 0 Å². The first-order chi connectivity index (χ1) is 18.0. The molecule has 0 fully saturated rings. The van der Waals surface area contributed by atoms with Crippen LogP contribution in [-0.4, -0.2) is 54.6 Å². The summed E-state index contributed by atoms with van der Waals surface area (Å²) in [4.78, 5) is 40.5. The second-order valence-electron chi connectivity index (χ2n) is 11.7. The number of nitrogens with zero attached hydrogens (tertiary/aromatic N) is 1. The summed E-state index contributed by atoms with van der Waals surface area (Å²) in [5.74, 6) is -0.774. The molecule has 38 heavy (non-hydrogen) atoms. The zero-order valence-corrected chi connectivity index (χ0v) is 24.1. The topological polar surface area (TPSA) is 125 Å². The van der Waals surface area contributed by atoms with E-state index in [0.717, 1.165) is 36.9 Å². The second kappa shape index (κ2) is 15.2. The predicted molar refractivity (Wildman–Crippen MR) is 153 cm³/mol. The normalized spacial score (nSPS) is 17.8. The SMILES string of the molecule is CCCCNC(=O)[C@@H]1Cc2ccccc2N(C(=O)CC(C)(C)C[C@H](N)[C@@H](O)C[C@@H](C)C(=O)NCCCC)C1. The van der Waals surface area contributed by atoms with Crippen LogP contribution >= 0.6 is 0 Å². The van der Waals surface area contributed by atoms with Crippen LogP contribution in [0.5, 0.6) is 0 Å². The standard InChI is InChI=1S/C30H50N4O4/c1-6-8-14-32-28(37)21(3)16-26(35)24(31)18-30(4,5)19-27(36)34-20-23(29(38)33-15-9-7-2)17-22-12-10-11-13-25(22)34/h10-13,21,23-24,26,35H,6-9,14-20,31H2,1-5H3,(H,32,37)(H,33,38)/t21-,23-,24+,26+/m1/s1. The second-order valence-corrected chi connectivity index (χ2v) is 11.7. The molecule has 4 atom stereocenters. The Balaban J connectivity index is 2.00. The fourth-order valence-corrected chi connectivity index (χ4v) is 5.10. The predicted octanol–water partition coefficient (Wildman–Crippen LogP) is 3.55. The molecule has 214 valence electrons. The maximum atomic E-state index is 13.6. The van der Waals surface area contributed by atoms with Gasteiger partial charge in [-0.25, -0.2) is 0 Å². The summed E-state index contributed by atoms with van der Waals surface area (Å²) >= 11 is 0. The Hall–Kier alpha value is -2.45. The van der Waals surface area contributed by atoms with Gasteiger partial charge in [-0.1, -0.05) is 65.7 Å². The van der Waals surface area contributed by atoms with Gasteiger partial charge in [0.1, 0.15) is 0 Å². The smallest absolute Gasteiger partial charge is 0.227 e. The molecule has 1 heterocycles. The summed E-state index contributed by atoms with van der Waals surface area (Å²) in [5, 5.41) is 16.6. The number of rotatable bonds is 15. The summed E-state index contributed by atoms with van der Waals surface area (Å²) in [5.41, 5.74) is 7.75. The maximum Gasteiger partial charge on any atom is 0.227 e. The third-order valence-electron chi connectivity index (χ3n) is 7.44. The summed E-state index contributed by atoms with van der Waals surface area (Å²) in [6, 6.07) is 7.22. The molecule has 0 bridgehead atoms. The minimum Gasteiger partial charge on any atom is -0.391 e. The number of amides is 3. The number of aliphatic hydroxyl groups excluding tert-OH is 1. The number of hydrogen-bond donors (Lipinski definition) is 4. The van der Waals surface area contributed by atoms with E-state index in [-0.39, 0.29) is 42.4 Å². The van der Waals surface area contributed by atoms with Gasteiger partial charge >= 0.3 is 0 Å². The van der Waals surface area contributed by atoms with Gasteiger partial charge in [-0.3, -0.25) is 14.4 Å². The number of fused-ring (bicyclic) bond motifs is 1. The highest BCUT2D eigenvalue weighted by molar-refractivity contribution is 5.96. The van der Waals surface area contributed by atoms with Gasteiger partial charge in [0.15, 0.2) is 0 Å². The van der Waals surface area contributed by atoms with Crippen molar-refractivity contribution in [1.29, 1.82) is 0 Å². The lowest BCUT2D eigenvalue weighted by atomic mass is 9.79. The molecule has 0 unspecified atom stereocenters. The minimum atomic E-state index is -0.844. The first kappa shape index (κ1) is 31.8. The number of nitrogens with two attached hydrogens (primary N) is 1. The monoisotopic (exact) mass is 530 g/mol. The van der Waals surface area contributed by atoms with Crippen LogP contribution in [0.2, 0.25) is 0 Å². The Morgan fingerprint density at radius 1 is 1.11 bits per heavy atom. The highest BCUT2D eigenvalue weighted by atomic mass is 16.3. The maximum absolute atomic E-state index is 13.6. The molecule has 0 aliphatic carbocycles. The molecule has 0 spiro atoms. The molecule has 0 saturated heterocycles. The number of nitrogens with one attached hydrogen (secondary N) is 2. The molecule has 1 aliphatic rings. The van der Waals surface area contributed by atoms with E-state index in [4.69, 9.17) is 5.73 Å².